The number of rotatable bonds is 2. The Morgan fingerprint density at radius 1 is 1.27 bits per heavy atom. The Morgan fingerprint density at radius 2 is 2.00 bits per heavy atom. The molecule has 0 radical (unpaired) electrons. The van der Waals surface area contributed by atoms with E-state index in [1.54, 1.807) is 12.1 Å². The molecule has 2 rings (SSSR count). The number of benzene rings is 1. The van der Waals surface area contributed by atoms with Crippen molar-refractivity contribution in [2.75, 3.05) is 6.54 Å². The van der Waals surface area contributed by atoms with Crippen LogP contribution in [0, 0.1) is 11.7 Å². The summed E-state index contributed by atoms with van der Waals surface area (Å²) in [4.78, 5) is 0. The highest BCUT2D eigenvalue weighted by molar-refractivity contribution is 5.39. The van der Waals surface area contributed by atoms with Gasteiger partial charge in [-0.3, -0.25) is 0 Å². The van der Waals surface area contributed by atoms with Gasteiger partial charge in [-0.2, -0.15) is 0 Å². The molecule has 0 fully saturated rings. The van der Waals surface area contributed by atoms with Crippen molar-refractivity contribution >= 4 is 0 Å². The smallest absolute Gasteiger partial charge is 0.123 e. The minimum absolute atomic E-state index is 0.127. The summed E-state index contributed by atoms with van der Waals surface area (Å²) in [5, 5.41) is 3.44. The van der Waals surface area contributed by atoms with Crippen LogP contribution >= 0.6 is 0 Å². The standard InChI is InChI=1S/C13H18FN/c1-4-15-13-9(3)8(2)11-6-5-10(14)7-12(11)13/h5-9,13,15H,4H2,1-3H3. The molecule has 0 saturated carbocycles. The number of hydrogen-bond donors (Lipinski definition) is 1. The SMILES string of the molecule is CCNC1c2cc(F)ccc2C(C)C1C. The summed E-state index contributed by atoms with van der Waals surface area (Å²) < 4.78 is 13.2. The van der Waals surface area contributed by atoms with Gasteiger partial charge in [0.1, 0.15) is 5.82 Å². The lowest BCUT2D eigenvalue weighted by Gasteiger charge is -2.19. The molecule has 0 saturated heterocycles. The lowest BCUT2D eigenvalue weighted by Crippen LogP contribution is -2.24. The fourth-order valence-corrected chi connectivity index (χ4v) is 2.60. The minimum atomic E-state index is -0.127. The quantitative estimate of drug-likeness (QED) is 0.785. The van der Waals surface area contributed by atoms with Crippen molar-refractivity contribution in [1.82, 2.24) is 5.32 Å². The first-order chi connectivity index (χ1) is 7.15. The lowest BCUT2D eigenvalue weighted by molar-refractivity contribution is 0.386. The van der Waals surface area contributed by atoms with Crippen molar-refractivity contribution in [3.05, 3.63) is 35.1 Å². The molecule has 1 aliphatic rings. The van der Waals surface area contributed by atoms with E-state index in [4.69, 9.17) is 0 Å². The molecule has 2 heteroatoms. The molecule has 0 amide bonds. The molecular weight excluding hydrogens is 189 g/mol. The number of hydrogen-bond acceptors (Lipinski definition) is 1. The van der Waals surface area contributed by atoms with E-state index in [0.29, 0.717) is 17.9 Å². The van der Waals surface area contributed by atoms with Crippen LogP contribution in [0.1, 0.15) is 43.9 Å². The minimum Gasteiger partial charge on any atom is -0.310 e. The predicted molar refractivity (Wildman–Crippen MR) is 60.4 cm³/mol. The fourth-order valence-electron chi connectivity index (χ4n) is 2.60. The molecule has 1 nitrogen and oxygen atoms in total. The largest absolute Gasteiger partial charge is 0.310 e. The lowest BCUT2D eigenvalue weighted by atomic mass is 9.94. The molecule has 0 aliphatic heterocycles. The highest BCUT2D eigenvalue weighted by Gasteiger charge is 2.34. The first-order valence-electron chi connectivity index (χ1n) is 5.68. The Kier molecular flexibility index (Phi) is 2.79. The highest BCUT2D eigenvalue weighted by Crippen LogP contribution is 2.44. The molecule has 0 aromatic heterocycles. The van der Waals surface area contributed by atoms with E-state index >= 15 is 0 Å². The topological polar surface area (TPSA) is 12.0 Å². The second kappa shape index (κ2) is 3.93. The maximum absolute atomic E-state index is 13.2. The monoisotopic (exact) mass is 207 g/mol. The molecule has 0 heterocycles. The first kappa shape index (κ1) is 10.6. The third kappa shape index (κ3) is 1.67. The van der Waals surface area contributed by atoms with Gasteiger partial charge in [0.2, 0.25) is 0 Å². The van der Waals surface area contributed by atoms with E-state index in [2.05, 4.69) is 26.1 Å². The van der Waals surface area contributed by atoms with Gasteiger partial charge in [-0.1, -0.05) is 26.8 Å². The Labute approximate surface area is 90.7 Å². The second-order valence-corrected chi connectivity index (χ2v) is 4.46. The van der Waals surface area contributed by atoms with Crippen molar-refractivity contribution in [2.24, 2.45) is 5.92 Å². The van der Waals surface area contributed by atoms with Crippen molar-refractivity contribution < 1.29 is 4.39 Å². The summed E-state index contributed by atoms with van der Waals surface area (Å²) in [6.07, 6.45) is 0. The normalized spacial score (nSPS) is 29.2. The van der Waals surface area contributed by atoms with Gasteiger partial charge in [0.25, 0.3) is 0 Å². The summed E-state index contributed by atoms with van der Waals surface area (Å²) in [7, 11) is 0. The zero-order valence-electron chi connectivity index (χ0n) is 9.55. The Bertz CT molecular complexity index is 362. The van der Waals surface area contributed by atoms with Crippen LogP contribution in [0.4, 0.5) is 4.39 Å². The van der Waals surface area contributed by atoms with Crippen molar-refractivity contribution in [1.29, 1.82) is 0 Å². The molecule has 15 heavy (non-hydrogen) atoms. The Balaban J connectivity index is 2.42. The van der Waals surface area contributed by atoms with Crippen LogP contribution in [-0.4, -0.2) is 6.54 Å². The number of halogens is 1. The van der Waals surface area contributed by atoms with Crippen LogP contribution in [0.3, 0.4) is 0 Å². The van der Waals surface area contributed by atoms with Gasteiger partial charge in [-0.25, -0.2) is 4.39 Å². The van der Waals surface area contributed by atoms with Crippen LogP contribution in [0.15, 0.2) is 18.2 Å². The molecule has 1 aliphatic carbocycles. The van der Waals surface area contributed by atoms with E-state index in [0.717, 1.165) is 12.1 Å². The maximum atomic E-state index is 13.2. The number of fused-ring (bicyclic) bond motifs is 1. The molecule has 3 atom stereocenters. The van der Waals surface area contributed by atoms with Gasteiger partial charge in [0.15, 0.2) is 0 Å². The van der Waals surface area contributed by atoms with Gasteiger partial charge < -0.3 is 5.32 Å². The molecule has 3 unspecified atom stereocenters. The Morgan fingerprint density at radius 3 is 2.67 bits per heavy atom. The van der Waals surface area contributed by atoms with Crippen molar-refractivity contribution in [2.45, 2.75) is 32.7 Å². The molecule has 1 aromatic rings. The van der Waals surface area contributed by atoms with E-state index in [1.807, 2.05) is 6.07 Å². The maximum Gasteiger partial charge on any atom is 0.123 e. The van der Waals surface area contributed by atoms with Crippen LogP contribution in [-0.2, 0) is 0 Å². The molecule has 0 bridgehead atoms. The zero-order valence-corrected chi connectivity index (χ0v) is 9.55. The van der Waals surface area contributed by atoms with E-state index in [1.165, 1.54) is 5.56 Å². The predicted octanol–water partition coefficient (Wildman–Crippen LogP) is 3.23. The first-order valence-corrected chi connectivity index (χ1v) is 5.68. The fraction of sp³-hybridized carbons (Fsp3) is 0.538. The molecule has 82 valence electrons. The molecule has 1 aromatic carbocycles. The van der Waals surface area contributed by atoms with Crippen molar-refractivity contribution in [3.63, 3.8) is 0 Å². The zero-order chi connectivity index (χ0) is 11.0. The average molecular weight is 207 g/mol. The number of nitrogens with one attached hydrogen (secondary N) is 1. The van der Waals surface area contributed by atoms with E-state index in [-0.39, 0.29) is 5.82 Å². The molecule has 0 spiro atoms. The van der Waals surface area contributed by atoms with Gasteiger partial charge in [0, 0.05) is 6.04 Å². The Hall–Kier alpha value is -0.890. The summed E-state index contributed by atoms with van der Waals surface area (Å²) in [6.45, 7) is 7.47. The van der Waals surface area contributed by atoms with Gasteiger partial charge >= 0.3 is 0 Å². The van der Waals surface area contributed by atoms with Crippen LogP contribution in [0.2, 0.25) is 0 Å². The van der Waals surface area contributed by atoms with Gasteiger partial charge in [-0.05, 0) is 41.6 Å². The highest BCUT2D eigenvalue weighted by atomic mass is 19.1. The summed E-state index contributed by atoms with van der Waals surface area (Å²) in [5.41, 5.74) is 2.45. The molecular formula is C13H18FN. The second-order valence-electron chi connectivity index (χ2n) is 4.46. The van der Waals surface area contributed by atoms with Gasteiger partial charge in [-0.15, -0.1) is 0 Å². The third-order valence-electron chi connectivity index (χ3n) is 3.61. The van der Waals surface area contributed by atoms with E-state index < -0.39 is 0 Å². The summed E-state index contributed by atoms with van der Waals surface area (Å²) in [6, 6.07) is 5.50. The van der Waals surface area contributed by atoms with Crippen LogP contribution < -0.4 is 5.32 Å². The van der Waals surface area contributed by atoms with Crippen molar-refractivity contribution in [3.8, 4) is 0 Å². The van der Waals surface area contributed by atoms with Gasteiger partial charge in [0.05, 0.1) is 0 Å². The van der Waals surface area contributed by atoms with E-state index in [9.17, 15) is 4.39 Å². The summed E-state index contributed by atoms with van der Waals surface area (Å²) >= 11 is 0. The van der Waals surface area contributed by atoms with Crippen LogP contribution in [0.5, 0.6) is 0 Å². The molecule has 1 N–H and O–H groups in total. The van der Waals surface area contributed by atoms with Crippen LogP contribution in [0.25, 0.3) is 0 Å². The summed E-state index contributed by atoms with van der Waals surface area (Å²) in [5.74, 6) is 0.935. The third-order valence-corrected chi connectivity index (χ3v) is 3.61. The average Bonchev–Trinajstić information content (AvgIpc) is 2.44.